The second kappa shape index (κ2) is 17.3. The van der Waals surface area contributed by atoms with Crippen LogP contribution in [0.1, 0.15) is 99.3 Å². The van der Waals surface area contributed by atoms with Gasteiger partial charge in [0, 0.05) is 18.5 Å². The molecule has 1 fully saturated rings. The largest absolute Gasteiger partial charge is 1.00 e. The molecular weight excluding hydrogens is 556 g/mol. The van der Waals surface area contributed by atoms with Gasteiger partial charge in [0.15, 0.2) is 0 Å². The quantitative estimate of drug-likeness (QED) is 0.188. The maximum Gasteiger partial charge on any atom is 0.338 e. The molecule has 0 radical (unpaired) electrons. The summed E-state index contributed by atoms with van der Waals surface area (Å²) >= 11 is 0. The average Bonchev–Trinajstić information content (AvgIpc) is 2.94. The minimum Gasteiger partial charge on any atom is -1.00 e. The number of para-hydroxylation sites is 1. The van der Waals surface area contributed by atoms with Gasteiger partial charge in [0.05, 0.1) is 43.9 Å². The van der Waals surface area contributed by atoms with Crippen LogP contribution >= 0.6 is 0 Å². The Bertz CT molecular complexity index is 1000. The lowest BCUT2D eigenvalue weighted by Crippen LogP contribution is -3.00. The van der Waals surface area contributed by atoms with Crippen LogP contribution < -0.4 is 27.0 Å². The molecule has 2 aromatic carbocycles. The molecule has 0 aromatic heterocycles. The number of nitrogens with one attached hydrogen (secondary N) is 1. The van der Waals surface area contributed by atoms with Crippen molar-refractivity contribution in [1.29, 1.82) is 0 Å². The van der Waals surface area contributed by atoms with Crippen LogP contribution in [0.25, 0.3) is 0 Å². The third-order valence-corrected chi connectivity index (χ3v) is 7.76. The van der Waals surface area contributed by atoms with Crippen LogP contribution in [0.2, 0.25) is 0 Å². The molecule has 1 aliphatic rings. The summed E-state index contributed by atoms with van der Waals surface area (Å²) in [6, 6.07) is 14.2. The predicted octanol–water partition coefficient (Wildman–Crippen LogP) is 4.25. The summed E-state index contributed by atoms with van der Waals surface area (Å²) in [6.45, 7) is 11.8. The molecule has 7 heteroatoms. The Balaban J connectivity index is 0.00000533. The second-order valence-electron chi connectivity index (χ2n) is 10.6. The van der Waals surface area contributed by atoms with Crippen LogP contribution in [0.15, 0.2) is 48.5 Å². The predicted molar refractivity (Wildman–Crippen MR) is 154 cm³/mol. The Kier molecular flexibility index (Phi) is 14.6. The third kappa shape index (κ3) is 10.3. The van der Waals surface area contributed by atoms with Gasteiger partial charge >= 0.3 is 5.97 Å². The van der Waals surface area contributed by atoms with E-state index in [2.05, 4.69) is 26.1 Å². The lowest BCUT2D eigenvalue weighted by atomic mass is 10.0. The van der Waals surface area contributed by atoms with Crippen LogP contribution in [0.5, 0.6) is 5.75 Å². The summed E-state index contributed by atoms with van der Waals surface area (Å²) in [5.74, 6) is 0.0647. The van der Waals surface area contributed by atoms with Crippen LogP contribution in [-0.2, 0) is 4.74 Å². The molecule has 0 atom stereocenters. The number of esters is 1. The zero-order chi connectivity index (χ0) is 27.2. The number of rotatable bonds is 15. The SMILES string of the molecule is CCCCCCCCOc1ccccc1C(=O)Nc1ccc(C(=O)OC2CC[N+](CC)(CCC)CC2)cc1.[Br-]. The molecule has 1 N–H and O–H groups in total. The van der Waals surface area contributed by atoms with Gasteiger partial charge in [-0.2, -0.15) is 0 Å². The zero-order valence-corrected chi connectivity index (χ0v) is 25.6. The fraction of sp³-hybridized carbons (Fsp3) is 0.562. The van der Waals surface area contributed by atoms with E-state index in [-0.39, 0.29) is 35.0 Å². The van der Waals surface area contributed by atoms with E-state index in [1.165, 1.54) is 38.6 Å². The standard InChI is InChI=1S/C32H46N2O4.BrH/c1-4-7-8-9-10-13-25-37-30-15-12-11-14-29(30)31(35)33-27-18-16-26(17-19-27)32(36)38-28-20-23-34(6-3,22-5-2)24-21-28;/h11-12,14-19,28H,4-10,13,20-25H2,1-3H3;1H. The number of quaternary nitrogens is 1. The minimum atomic E-state index is -0.298. The van der Waals surface area contributed by atoms with E-state index in [1.807, 2.05) is 18.2 Å². The number of unbranched alkanes of at least 4 members (excludes halogenated alkanes) is 5. The molecule has 0 aliphatic carbocycles. The van der Waals surface area contributed by atoms with Gasteiger partial charge in [-0.05, 0) is 56.2 Å². The third-order valence-electron chi connectivity index (χ3n) is 7.76. The van der Waals surface area contributed by atoms with Gasteiger partial charge in [0.2, 0.25) is 0 Å². The first-order valence-electron chi connectivity index (χ1n) is 14.7. The number of nitrogens with zero attached hydrogens (tertiary/aromatic N) is 1. The van der Waals surface area contributed by atoms with Crippen molar-refractivity contribution in [3.8, 4) is 5.75 Å². The fourth-order valence-corrected chi connectivity index (χ4v) is 5.33. The molecule has 2 aromatic rings. The summed E-state index contributed by atoms with van der Waals surface area (Å²) in [5.41, 5.74) is 1.63. The molecule has 1 heterocycles. The van der Waals surface area contributed by atoms with Gasteiger partial charge in [-0.3, -0.25) is 4.79 Å². The number of anilines is 1. The van der Waals surface area contributed by atoms with Crippen LogP contribution in [0.4, 0.5) is 5.69 Å². The maximum absolute atomic E-state index is 13.0. The van der Waals surface area contributed by atoms with Gasteiger partial charge in [-0.1, -0.05) is 58.1 Å². The Morgan fingerprint density at radius 3 is 2.21 bits per heavy atom. The highest BCUT2D eigenvalue weighted by molar-refractivity contribution is 6.06. The Hall–Kier alpha value is -2.38. The number of halogens is 1. The molecule has 0 unspecified atom stereocenters. The molecule has 1 aliphatic heterocycles. The summed E-state index contributed by atoms with van der Waals surface area (Å²) in [4.78, 5) is 25.7. The van der Waals surface area contributed by atoms with Gasteiger partial charge < -0.3 is 36.3 Å². The number of carbonyl (C=O) groups is 2. The average molecular weight is 604 g/mol. The topological polar surface area (TPSA) is 64.6 Å². The first-order chi connectivity index (χ1) is 18.5. The highest BCUT2D eigenvalue weighted by atomic mass is 79.9. The molecule has 216 valence electrons. The lowest BCUT2D eigenvalue weighted by molar-refractivity contribution is -0.931. The first-order valence-corrected chi connectivity index (χ1v) is 14.7. The van der Waals surface area contributed by atoms with E-state index in [4.69, 9.17) is 9.47 Å². The van der Waals surface area contributed by atoms with E-state index >= 15 is 0 Å². The number of benzene rings is 2. The van der Waals surface area contributed by atoms with Crippen molar-refractivity contribution in [3.05, 3.63) is 59.7 Å². The molecule has 6 nitrogen and oxygen atoms in total. The molecule has 1 amide bonds. The van der Waals surface area contributed by atoms with Gasteiger partial charge in [0.25, 0.3) is 5.91 Å². The smallest absolute Gasteiger partial charge is 0.338 e. The molecule has 0 saturated carbocycles. The molecule has 1 saturated heterocycles. The van der Waals surface area contributed by atoms with Crippen molar-refractivity contribution in [2.45, 2.75) is 84.7 Å². The Morgan fingerprint density at radius 2 is 1.54 bits per heavy atom. The van der Waals surface area contributed by atoms with Gasteiger partial charge in [-0.15, -0.1) is 0 Å². The summed E-state index contributed by atoms with van der Waals surface area (Å²) in [7, 11) is 0. The highest BCUT2D eigenvalue weighted by Crippen LogP contribution is 2.24. The Labute approximate surface area is 245 Å². The van der Waals surface area contributed by atoms with Crippen LogP contribution in [-0.4, -0.2) is 55.2 Å². The number of ether oxygens (including phenoxy) is 2. The first kappa shape index (κ1) is 32.8. The van der Waals surface area contributed by atoms with Crippen molar-refractivity contribution >= 4 is 17.6 Å². The van der Waals surface area contributed by atoms with Crippen molar-refractivity contribution in [2.75, 3.05) is 38.1 Å². The molecule has 39 heavy (non-hydrogen) atoms. The highest BCUT2D eigenvalue weighted by Gasteiger charge is 2.33. The normalized spacial score (nSPS) is 18.6. The van der Waals surface area contributed by atoms with Crippen molar-refractivity contribution in [1.82, 2.24) is 0 Å². The number of carbonyl (C=O) groups excluding carboxylic acids is 2. The summed E-state index contributed by atoms with van der Waals surface area (Å²) in [6.07, 6.45) is 10.1. The summed E-state index contributed by atoms with van der Waals surface area (Å²) < 4.78 is 12.9. The fourth-order valence-electron chi connectivity index (χ4n) is 5.33. The molecular formula is C32H47BrN2O4. The van der Waals surface area contributed by atoms with Crippen LogP contribution in [0.3, 0.4) is 0 Å². The summed E-state index contributed by atoms with van der Waals surface area (Å²) in [5, 5.41) is 2.93. The number of hydrogen-bond donors (Lipinski definition) is 1. The van der Waals surface area contributed by atoms with Gasteiger partial charge in [0.1, 0.15) is 11.9 Å². The molecule has 0 spiro atoms. The van der Waals surface area contributed by atoms with Crippen LogP contribution in [0, 0.1) is 0 Å². The van der Waals surface area contributed by atoms with Crippen molar-refractivity contribution in [3.63, 3.8) is 0 Å². The van der Waals surface area contributed by atoms with E-state index in [0.29, 0.717) is 29.2 Å². The van der Waals surface area contributed by atoms with E-state index in [1.54, 1.807) is 30.3 Å². The van der Waals surface area contributed by atoms with Crippen molar-refractivity contribution < 1.29 is 40.5 Å². The molecule has 0 bridgehead atoms. The number of hydrogen-bond acceptors (Lipinski definition) is 4. The van der Waals surface area contributed by atoms with E-state index < -0.39 is 0 Å². The number of amides is 1. The monoisotopic (exact) mass is 602 g/mol. The molecule has 3 rings (SSSR count). The minimum absolute atomic E-state index is 0. The second-order valence-corrected chi connectivity index (χ2v) is 10.6. The zero-order valence-electron chi connectivity index (χ0n) is 24.1. The van der Waals surface area contributed by atoms with E-state index in [9.17, 15) is 9.59 Å². The number of piperidine rings is 1. The van der Waals surface area contributed by atoms with E-state index in [0.717, 1.165) is 49.8 Å². The maximum atomic E-state index is 13.0. The number of likely N-dealkylation sites (tertiary alicyclic amines) is 1. The lowest BCUT2D eigenvalue weighted by Gasteiger charge is -2.42. The van der Waals surface area contributed by atoms with Crippen molar-refractivity contribution in [2.24, 2.45) is 0 Å². The Morgan fingerprint density at radius 1 is 0.872 bits per heavy atom. The van der Waals surface area contributed by atoms with Gasteiger partial charge in [-0.25, -0.2) is 4.79 Å².